The van der Waals surface area contributed by atoms with Crippen LogP contribution in [-0.4, -0.2) is 42.1 Å². The molecule has 2 aliphatic rings. The number of nitrogens with one attached hydrogen (secondary N) is 1. The lowest BCUT2D eigenvalue weighted by Crippen LogP contribution is -2.50. The predicted molar refractivity (Wildman–Crippen MR) is 109 cm³/mol. The summed E-state index contributed by atoms with van der Waals surface area (Å²) in [4.78, 5) is 19.1. The monoisotopic (exact) mass is 379 g/mol. The van der Waals surface area contributed by atoms with Gasteiger partial charge in [-0.2, -0.15) is 0 Å². The normalized spacial score (nSPS) is 23.5. The summed E-state index contributed by atoms with van der Waals surface area (Å²) >= 11 is 0. The molecule has 1 saturated heterocycles. The highest BCUT2D eigenvalue weighted by atomic mass is 16.5. The molecule has 2 aromatic rings. The van der Waals surface area contributed by atoms with Gasteiger partial charge in [-0.3, -0.25) is 14.7 Å². The van der Waals surface area contributed by atoms with Gasteiger partial charge in [-0.05, 0) is 49.2 Å². The van der Waals surface area contributed by atoms with Gasteiger partial charge in [-0.15, -0.1) is 0 Å². The fourth-order valence-electron chi connectivity index (χ4n) is 5.03. The van der Waals surface area contributed by atoms with E-state index >= 15 is 0 Å². The van der Waals surface area contributed by atoms with Gasteiger partial charge >= 0.3 is 0 Å². The Balaban J connectivity index is 1.57. The van der Waals surface area contributed by atoms with Crippen molar-refractivity contribution in [1.29, 1.82) is 0 Å². The zero-order valence-corrected chi connectivity index (χ0v) is 16.7. The molecular weight excluding hydrogens is 350 g/mol. The Morgan fingerprint density at radius 1 is 1.21 bits per heavy atom. The first-order valence-corrected chi connectivity index (χ1v) is 10.2. The van der Waals surface area contributed by atoms with Gasteiger partial charge in [0.25, 0.3) is 0 Å². The van der Waals surface area contributed by atoms with Crippen LogP contribution in [0, 0.1) is 0 Å². The van der Waals surface area contributed by atoms with Gasteiger partial charge in [0.05, 0.1) is 17.8 Å². The average molecular weight is 380 g/mol. The van der Waals surface area contributed by atoms with Crippen LogP contribution in [0.2, 0.25) is 0 Å². The van der Waals surface area contributed by atoms with Gasteiger partial charge in [0, 0.05) is 31.7 Å². The third kappa shape index (κ3) is 3.33. The zero-order valence-electron chi connectivity index (χ0n) is 16.7. The quantitative estimate of drug-likeness (QED) is 0.867. The highest BCUT2D eigenvalue weighted by molar-refractivity contribution is 5.76. The molecule has 1 N–H and O–H groups in total. The minimum absolute atomic E-state index is 0.0302. The number of ether oxygens (including phenoxy) is 1. The molecule has 28 heavy (non-hydrogen) atoms. The van der Waals surface area contributed by atoms with E-state index < -0.39 is 0 Å². The lowest BCUT2D eigenvalue weighted by Gasteiger charge is -2.44. The van der Waals surface area contributed by atoms with Gasteiger partial charge in [0.15, 0.2) is 0 Å². The van der Waals surface area contributed by atoms with Crippen LogP contribution in [0.5, 0.6) is 0 Å². The van der Waals surface area contributed by atoms with Crippen LogP contribution in [-0.2, 0) is 21.5 Å². The lowest BCUT2D eigenvalue weighted by atomic mass is 9.72. The maximum Gasteiger partial charge on any atom is 0.220 e. The van der Waals surface area contributed by atoms with E-state index in [1.807, 2.05) is 25.3 Å². The van der Waals surface area contributed by atoms with Crippen LogP contribution in [0.15, 0.2) is 48.7 Å². The fourth-order valence-corrected chi connectivity index (χ4v) is 5.03. The van der Waals surface area contributed by atoms with Crippen LogP contribution in [0.1, 0.15) is 49.0 Å². The summed E-state index contributed by atoms with van der Waals surface area (Å²) in [6, 6.07) is 14.6. The van der Waals surface area contributed by atoms with E-state index in [1.165, 1.54) is 11.1 Å². The van der Waals surface area contributed by atoms with Crippen molar-refractivity contribution in [3.05, 3.63) is 65.5 Å². The summed E-state index contributed by atoms with van der Waals surface area (Å²) in [7, 11) is 1.78. The Bertz CT molecular complexity index is 816. The molecule has 0 radical (unpaired) electrons. The lowest BCUT2D eigenvalue weighted by molar-refractivity contribution is -0.123. The average Bonchev–Trinajstić information content (AvgIpc) is 2.99. The van der Waals surface area contributed by atoms with Crippen molar-refractivity contribution in [1.82, 2.24) is 15.2 Å². The number of aromatic nitrogens is 1. The van der Waals surface area contributed by atoms with Crippen LogP contribution in [0.3, 0.4) is 0 Å². The number of rotatable bonds is 5. The van der Waals surface area contributed by atoms with Gasteiger partial charge < -0.3 is 10.1 Å². The van der Waals surface area contributed by atoms with E-state index in [4.69, 9.17) is 4.74 Å². The van der Waals surface area contributed by atoms with Crippen LogP contribution in [0.25, 0.3) is 0 Å². The molecule has 1 amide bonds. The molecule has 4 rings (SSSR count). The number of carbonyl (C=O) groups is 1. The van der Waals surface area contributed by atoms with Crippen molar-refractivity contribution in [3.8, 4) is 0 Å². The fraction of sp³-hybridized carbons (Fsp3) is 0.478. The van der Waals surface area contributed by atoms with Crippen molar-refractivity contribution < 1.29 is 9.53 Å². The largest absolute Gasteiger partial charge is 0.378 e. The first-order chi connectivity index (χ1) is 13.7. The topological polar surface area (TPSA) is 54.5 Å². The highest BCUT2D eigenvalue weighted by Crippen LogP contribution is 2.52. The summed E-state index contributed by atoms with van der Waals surface area (Å²) in [6.07, 6.45) is 4.36. The third-order valence-electron chi connectivity index (χ3n) is 6.43. The molecule has 148 valence electrons. The molecule has 2 heterocycles. The number of pyridine rings is 1. The van der Waals surface area contributed by atoms with Crippen molar-refractivity contribution in [2.45, 2.75) is 50.3 Å². The van der Waals surface area contributed by atoms with Crippen LogP contribution >= 0.6 is 0 Å². The summed E-state index contributed by atoms with van der Waals surface area (Å²) in [6.45, 7) is 4.77. The summed E-state index contributed by atoms with van der Waals surface area (Å²) < 4.78 is 6.05. The number of benzene rings is 1. The summed E-state index contributed by atoms with van der Waals surface area (Å²) in [5, 5.41) is 3.22. The first kappa shape index (κ1) is 19.1. The molecule has 1 spiro atoms. The Morgan fingerprint density at radius 2 is 1.96 bits per heavy atom. The number of hydrogen-bond acceptors (Lipinski definition) is 4. The molecular formula is C23H29N3O2. The molecule has 1 fully saturated rings. The minimum atomic E-state index is -0.0732. The SMILES string of the molecule is CCC(=O)N[C@@H]1c2ccccc2C2(CCN(Cc3ccccn3)CC2)[C@H]1OC. The standard InChI is InChI=1S/C23H29N3O2/c1-3-20(27)25-21-18-9-4-5-10-19(18)23(22(21)28-2)11-14-26(15-12-23)16-17-8-6-7-13-24-17/h4-10,13,21-22H,3,11-12,14-16H2,1-2H3,(H,25,27)/t21-,22+/m1/s1. The molecule has 1 aromatic carbocycles. The second kappa shape index (κ2) is 8.02. The van der Waals surface area contributed by atoms with Gasteiger partial charge in [-0.25, -0.2) is 0 Å². The van der Waals surface area contributed by atoms with Crippen LogP contribution in [0.4, 0.5) is 0 Å². The third-order valence-corrected chi connectivity index (χ3v) is 6.43. The number of methoxy groups -OCH3 is 1. The number of piperidine rings is 1. The number of amides is 1. The second-order valence-electron chi connectivity index (χ2n) is 7.90. The van der Waals surface area contributed by atoms with Crippen molar-refractivity contribution in [2.24, 2.45) is 0 Å². The number of hydrogen-bond donors (Lipinski definition) is 1. The van der Waals surface area contributed by atoms with Crippen molar-refractivity contribution in [2.75, 3.05) is 20.2 Å². The smallest absolute Gasteiger partial charge is 0.220 e. The number of likely N-dealkylation sites (tertiary alicyclic amines) is 1. The molecule has 1 aliphatic carbocycles. The van der Waals surface area contributed by atoms with Crippen molar-refractivity contribution in [3.63, 3.8) is 0 Å². The van der Waals surface area contributed by atoms with Gasteiger partial charge in [-0.1, -0.05) is 37.3 Å². The molecule has 0 unspecified atom stereocenters. The predicted octanol–water partition coefficient (Wildman–Crippen LogP) is 3.21. The summed E-state index contributed by atoms with van der Waals surface area (Å²) in [5.74, 6) is 0.0755. The number of nitrogens with zero attached hydrogens (tertiary/aromatic N) is 2. The number of fused-ring (bicyclic) bond motifs is 2. The van der Waals surface area contributed by atoms with Gasteiger partial charge in [0.1, 0.15) is 0 Å². The Hall–Kier alpha value is -2.24. The van der Waals surface area contributed by atoms with Crippen LogP contribution < -0.4 is 5.32 Å². The highest BCUT2D eigenvalue weighted by Gasteiger charge is 2.53. The van der Waals surface area contributed by atoms with Gasteiger partial charge in [0.2, 0.25) is 5.91 Å². The van der Waals surface area contributed by atoms with E-state index in [0.29, 0.717) is 6.42 Å². The molecule has 0 bridgehead atoms. The number of carbonyl (C=O) groups excluding carboxylic acids is 1. The molecule has 1 aliphatic heterocycles. The molecule has 5 nitrogen and oxygen atoms in total. The van der Waals surface area contributed by atoms with E-state index in [9.17, 15) is 4.79 Å². The van der Waals surface area contributed by atoms with E-state index in [2.05, 4.69) is 45.5 Å². The molecule has 0 saturated carbocycles. The van der Waals surface area contributed by atoms with Crippen molar-refractivity contribution >= 4 is 5.91 Å². The van der Waals surface area contributed by atoms with E-state index in [1.54, 1.807) is 7.11 Å². The summed E-state index contributed by atoms with van der Waals surface area (Å²) in [5.41, 5.74) is 3.63. The minimum Gasteiger partial charge on any atom is -0.378 e. The zero-order chi connectivity index (χ0) is 19.6. The molecule has 1 aromatic heterocycles. The Labute approximate surface area is 167 Å². The maximum atomic E-state index is 12.2. The molecule has 2 atom stereocenters. The second-order valence-corrected chi connectivity index (χ2v) is 7.90. The maximum absolute atomic E-state index is 12.2. The Kier molecular flexibility index (Phi) is 5.47. The molecule has 5 heteroatoms. The Morgan fingerprint density at radius 3 is 2.64 bits per heavy atom. The first-order valence-electron chi connectivity index (χ1n) is 10.2. The van der Waals surface area contributed by atoms with E-state index in [-0.39, 0.29) is 23.5 Å². The van der Waals surface area contributed by atoms with E-state index in [0.717, 1.165) is 38.2 Å².